The zero-order chi connectivity index (χ0) is 19.4. The van der Waals surface area contributed by atoms with Crippen LogP contribution in [0.3, 0.4) is 0 Å². The number of methoxy groups -OCH3 is 1. The van der Waals surface area contributed by atoms with Gasteiger partial charge in [0.25, 0.3) is 0 Å². The molecule has 1 heterocycles. The van der Waals surface area contributed by atoms with E-state index >= 15 is 0 Å². The maximum absolute atomic E-state index is 11.7. The van der Waals surface area contributed by atoms with E-state index < -0.39 is 73.6 Å². The van der Waals surface area contributed by atoms with Crippen molar-refractivity contribution in [3.05, 3.63) is 0 Å². The quantitative estimate of drug-likeness (QED) is 0.188. The van der Waals surface area contributed by atoms with Crippen molar-refractivity contribution in [3.63, 3.8) is 0 Å². The first-order chi connectivity index (χ1) is 11.6. The molecule has 0 bridgehead atoms. The third-order valence-electron chi connectivity index (χ3n) is 3.67. The van der Waals surface area contributed by atoms with Gasteiger partial charge in [0.05, 0.1) is 32.3 Å². The Bertz CT molecular complexity index is 512. The zero-order valence-electron chi connectivity index (χ0n) is 13.3. The number of hydrogen-bond donors (Lipinski definition) is 6. The average molecular weight is 367 g/mol. The summed E-state index contributed by atoms with van der Waals surface area (Å²) in [7, 11) is 1.01. The highest BCUT2D eigenvalue weighted by atomic mass is 16.7. The molecule has 1 aliphatic heterocycles. The summed E-state index contributed by atoms with van der Waals surface area (Å²) in [6, 6.07) is -1.34. The van der Waals surface area contributed by atoms with Crippen LogP contribution < -0.4 is 5.73 Å². The Hall–Kier alpha value is -1.83. The molecule has 1 aliphatic rings. The molecule has 0 aromatic carbocycles. The van der Waals surface area contributed by atoms with Gasteiger partial charge >= 0.3 is 23.7 Å². The van der Waals surface area contributed by atoms with Crippen LogP contribution in [0.15, 0.2) is 0 Å². The van der Waals surface area contributed by atoms with Gasteiger partial charge in [-0.25, -0.2) is 4.79 Å². The number of aliphatic hydroxyl groups is 4. The van der Waals surface area contributed by atoms with Crippen LogP contribution in [0.5, 0.6) is 0 Å². The Morgan fingerprint density at radius 3 is 2.40 bits per heavy atom. The summed E-state index contributed by atoms with van der Waals surface area (Å²) in [4.78, 5) is 34.4. The Morgan fingerprint density at radius 2 is 1.92 bits per heavy atom. The average Bonchev–Trinajstić information content (AvgIpc) is 2.56. The van der Waals surface area contributed by atoms with Crippen molar-refractivity contribution in [2.75, 3.05) is 13.7 Å². The number of aliphatic carboxylic acids is 1. The van der Waals surface area contributed by atoms with Gasteiger partial charge in [-0.2, -0.15) is 0 Å². The number of carbonyl (C=O) groups excluding carboxylic acids is 2. The second-order valence-corrected chi connectivity index (χ2v) is 5.46. The summed E-state index contributed by atoms with van der Waals surface area (Å²) in [5.74, 6) is -6.88. The number of carboxylic acids is 1. The lowest BCUT2D eigenvalue weighted by Gasteiger charge is -2.44. The van der Waals surface area contributed by atoms with E-state index in [9.17, 15) is 34.8 Å². The number of carbonyl (C=O) groups is 3. The molecular weight excluding hydrogens is 346 g/mol. The first kappa shape index (κ1) is 21.2. The molecule has 1 saturated heterocycles. The van der Waals surface area contributed by atoms with E-state index in [2.05, 4.69) is 4.74 Å². The van der Waals surface area contributed by atoms with Crippen molar-refractivity contribution in [2.45, 2.75) is 49.1 Å². The smallest absolute Gasteiger partial charge is 0.377 e. The number of aliphatic hydroxyl groups excluding tert-OH is 4. The number of ether oxygens (including phenoxy) is 3. The van der Waals surface area contributed by atoms with Gasteiger partial charge in [-0.05, 0) is 0 Å². The fourth-order valence-corrected chi connectivity index (χ4v) is 2.26. The van der Waals surface area contributed by atoms with Gasteiger partial charge < -0.3 is 45.5 Å². The summed E-state index contributed by atoms with van der Waals surface area (Å²) >= 11 is 0. The monoisotopic (exact) mass is 367 g/mol. The molecule has 0 unspecified atom stereocenters. The second kappa shape index (κ2) is 8.51. The molecule has 0 amide bonds. The Morgan fingerprint density at radius 1 is 1.32 bits per heavy atom. The number of carboxylic acid groups (broad SMARTS) is 1. The summed E-state index contributed by atoms with van der Waals surface area (Å²) in [5, 5.41) is 47.6. The Balaban J connectivity index is 3.07. The number of hydrogen-bond acceptors (Lipinski definition) is 11. The van der Waals surface area contributed by atoms with Gasteiger partial charge in [0.2, 0.25) is 0 Å². The predicted molar refractivity (Wildman–Crippen MR) is 75.7 cm³/mol. The van der Waals surface area contributed by atoms with Gasteiger partial charge in [0.1, 0.15) is 24.7 Å². The normalized spacial score (nSPS) is 31.7. The van der Waals surface area contributed by atoms with Crippen LogP contribution in [0.2, 0.25) is 0 Å². The zero-order valence-corrected chi connectivity index (χ0v) is 13.3. The molecule has 1 fully saturated rings. The minimum Gasteiger partial charge on any atom is -0.476 e. The van der Waals surface area contributed by atoms with Gasteiger partial charge in [0, 0.05) is 0 Å². The third kappa shape index (κ3) is 4.84. The molecule has 0 aromatic rings. The van der Waals surface area contributed by atoms with E-state index in [1.165, 1.54) is 0 Å². The lowest BCUT2D eigenvalue weighted by Crippen LogP contribution is -2.66. The van der Waals surface area contributed by atoms with Crippen molar-refractivity contribution in [1.29, 1.82) is 0 Å². The molecule has 0 aromatic heterocycles. The predicted octanol–water partition coefficient (Wildman–Crippen LogP) is -3.94. The van der Waals surface area contributed by atoms with E-state index in [0.717, 1.165) is 7.11 Å². The third-order valence-corrected chi connectivity index (χ3v) is 3.67. The molecule has 6 atom stereocenters. The molecule has 0 radical (unpaired) electrons. The van der Waals surface area contributed by atoms with Crippen molar-refractivity contribution in [1.82, 2.24) is 0 Å². The van der Waals surface area contributed by atoms with Crippen LogP contribution in [0.1, 0.15) is 12.8 Å². The molecular formula is C13H21NO11. The highest BCUT2D eigenvalue weighted by molar-refractivity contribution is 5.92. The van der Waals surface area contributed by atoms with Gasteiger partial charge in [-0.3, -0.25) is 9.59 Å². The molecule has 0 saturated carbocycles. The number of esters is 2. The number of rotatable bonds is 7. The maximum atomic E-state index is 11.7. The Labute approximate surface area is 141 Å². The van der Waals surface area contributed by atoms with E-state index in [1.807, 2.05) is 0 Å². The standard InChI is InChI=1S/C13H21NO11/c1-23-7(18)2-8(19)24-13(12(21)22)3-5(16)9(14)11(25-13)10(20)6(17)4-15/h5-6,9-11,15-17,20H,2-4,14H2,1H3,(H,21,22)/t5-,6+,9+,10+,11+,13-/m0/s1. The lowest BCUT2D eigenvalue weighted by atomic mass is 9.89. The summed E-state index contributed by atoms with van der Waals surface area (Å²) in [6.07, 6.45) is -8.61. The number of nitrogens with two attached hydrogens (primary N) is 1. The van der Waals surface area contributed by atoms with Crippen LogP contribution in [0, 0.1) is 0 Å². The highest BCUT2D eigenvalue weighted by Crippen LogP contribution is 2.33. The van der Waals surface area contributed by atoms with Crippen LogP contribution in [0.25, 0.3) is 0 Å². The molecule has 7 N–H and O–H groups in total. The SMILES string of the molecule is COC(=O)CC(=O)O[C@@]1(C(=O)O)C[C@H](O)[C@@H](N)[C@H]([C@H](O)[C@H](O)CO)O1. The van der Waals surface area contributed by atoms with E-state index in [1.54, 1.807) is 0 Å². The topological polar surface area (TPSA) is 206 Å². The van der Waals surface area contributed by atoms with E-state index in [-0.39, 0.29) is 0 Å². The summed E-state index contributed by atoms with van der Waals surface area (Å²) < 4.78 is 14.0. The minimum absolute atomic E-state index is 0.783. The second-order valence-electron chi connectivity index (χ2n) is 5.46. The van der Waals surface area contributed by atoms with Gasteiger partial charge in [-0.15, -0.1) is 0 Å². The molecule has 25 heavy (non-hydrogen) atoms. The van der Waals surface area contributed by atoms with Gasteiger partial charge in [-0.1, -0.05) is 0 Å². The maximum Gasteiger partial charge on any atom is 0.377 e. The molecule has 144 valence electrons. The molecule has 0 spiro atoms. The molecule has 12 heteroatoms. The molecule has 0 aliphatic carbocycles. The van der Waals surface area contributed by atoms with Crippen LogP contribution in [-0.4, -0.2) is 93.4 Å². The summed E-state index contributed by atoms with van der Waals surface area (Å²) in [5.41, 5.74) is 5.63. The van der Waals surface area contributed by atoms with Crippen molar-refractivity contribution in [3.8, 4) is 0 Å². The first-order valence-electron chi connectivity index (χ1n) is 7.18. The lowest BCUT2D eigenvalue weighted by molar-refractivity contribution is -0.299. The van der Waals surface area contributed by atoms with E-state index in [0.29, 0.717) is 0 Å². The molecule has 12 nitrogen and oxygen atoms in total. The first-order valence-corrected chi connectivity index (χ1v) is 7.18. The van der Waals surface area contributed by atoms with Gasteiger partial charge in [0.15, 0.2) is 0 Å². The van der Waals surface area contributed by atoms with Crippen LogP contribution in [0.4, 0.5) is 0 Å². The minimum atomic E-state index is -2.75. The Kier molecular flexibility index (Phi) is 7.22. The van der Waals surface area contributed by atoms with Crippen molar-refractivity contribution < 1.29 is 54.1 Å². The van der Waals surface area contributed by atoms with Crippen LogP contribution >= 0.6 is 0 Å². The van der Waals surface area contributed by atoms with E-state index in [4.69, 9.17) is 20.3 Å². The fourth-order valence-electron chi connectivity index (χ4n) is 2.26. The molecule has 1 rings (SSSR count). The highest BCUT2D eigenvalue weighted by Gasteiger charge is 2.56. The van der Waals surface area contributed by atoms with Crippen LogP contribution in [-0.2, 0) is 28.6 Å². The summed E-state index contributed by atoms with van der Waals surface area (Å²) in [6.45, 7) is -0.897. The van der Waals surface area contributed by atoms with Crippen molar-refractivity contribution >= 4 is 17.9 Å². The van der Waals surface area contributed by atoms with Crippen molar-refractivity contribution in [2.24, 2.45) is 5.73 Å². The largest absolute Gasteiger partial charge is 0.476 e. The fraction of sp³-hybridized carbons (Fsp3) is 0.769.